The molecule has 3 rings (SSSR count). The fourth-order valence-corrected chi connectivity index (χ4v) is 4.08. The normalized spacial score (nSPS) is 24.9. The maximum atomic E-state index is 13.0. The first-order chi connectivity index (χ1) is 12.9. The SMILES string of the molecule is CCOC(=O)OC1=CC(=O)N(c2cc(C)ccc2C)C12CCC(OC)CC2. The minimum atomic E-state index is -0.771. The molecule has 0 N–H and O–H groups in total. The molecule has 1 aromatic rings. The van der Waals surface area contributed by atoms with E-state index in [9.17, 15) is 9.59 Å². The van der Waals surface area contributed by atoms with Crippen LogP contribution in [-0.2, 0) is 19.0 Å². The Morgan fingerprint density at radius 2 is 1.96 bits per heavy atom. The average molecular weight is 373 g/mol. The zero-order valence-electron chi connectivity index (χ0n) is 16.4. The summed E-state index contributed by atoms with van der Waals surface area (Å²) in [5, 5.41) is 0. The monoisotopic (exact) mass is 373 g/mol. The molecule has 0 bridgehead atoms. The van der Waals surface area contributed by atoms with Gasteiger partial charge in [-0.3, -0.25) is 9.69 Å². The minimum absolute atomic E-state index is 0.149. The number of carbonyl (C=O) groups excluding carboxylic acids is 2. The topological polar surface area (TPSA) is 65.1 Å². The van der Waals surface area contributed by atoms with Gasteiger partial charge in [0.1, 0.15) is 11.3 Å². The first kappa shape index (κ1) is 19.4. The van der Waals surface area contributed by atoms with Crippen molar-refractivity contribution in [3.63, 3.8) is 0 Å². The zero-order valence-corrected chi connectivity index (χ0v) is 16.4. The minimum Gasteiger partial charge on any atom is -0.434 e. The Balaban J connectivity index is 2.01. The van der Waals surface area contributed by atoms with Crippen LogP contribution in [0.25, 0.3) is 0 Å². The van der Waals surface area contributed by atoms with E-state index in [2.05, 4.69) is 0 Å². The van der Waals surface area contributed by atoms with Gasteiger partial charge in [0.05, 0.1) is 12.7 Å². The summed E-state index contributed by atoms with van der Waals surface area (Å²) >= 11 is 0. The van der Waals surface area contributed by atoms with Crippen LogP contribution in [0.15, 0.2) is 30.0 Å². The molecular formula is C21H27NO5. The molecule has 1 aliphatic carbocycles. The number of amides is 1. The Morgan fingerprint density at radius 1 is 1.26 bits per heavy atom. The van der Waals surface area contributed by atoms with Gasteiger partial charge in [-0.15, -0.1) is 0 Å². The third kappa shape index (κ3) is 3.58. The molecule has 0 aromatic heterocycles. The molecule has 1 aliphatic heterocycles. The molecule has 27 heavy (non-hydrogen) atoms. The van der Waals surface area contributed by atoms with Gasteiger partial charge in [-0.25, -0.2) is 4.79 Å². The number of ether oxygens (including phenoxy) is 3. The zero-order chi connectivity index (χ0) is 19.6. The number of rotatable bonds is 4. The predicted octanol–water partition coefficient (Wildman–Crippen LogP) is 4.03. The average Bonchev–Trinajstić information content (AvgIpc) is 2.89. The summed E-state index contributed by atoms with van der Waals surface area (Å²) in [5.41, 5.74) is 2.25. The second-order valence-electron chi connectivity index (χ2n) is 7.22. The molecular weight excluding hydrogens is 346 g/mol. The van der Waals surface area contributed by atoms with Crippen molar-refractivity contribution in [3.05, 3.63) is 41.2 Å². The van der Waals surface area contributed by atoms with Crippen molar-refractivity contribution in [1.82, 2.24) is 0 Å². The first-order valence-electron chi connectivity index (χ1n) is 9.42. The molecule has 146 valence electrons. The summed E-state index contributed by atoms with van der Waals surface area (Å²) in [6.45, 7) is 5.93. The highest BCUT2D eigenvalue weighted by atomic mass is 16.7. The highest BCUT2D eigenvalue weighted by Crippen LogP contribution is 2.47. The fourth-order valence-electron chi connectivity index (χ4n) is 4.08. The van der Waals surface area contributed by atoms with Crippen molar-refractivity contribution in [2.75, 3.05) is 18.6 Å². The van der Waals surface area contributed by atoms with E-state index in [-0.39, 0.29) is 18.6 Å². The van der Waals surface area contributed by atoms with E-state index < -0.39 is 11.7 Å². The summed E-state index contributed by atoms with van der Waals surface area (Å²) in [5.74, 6) is 0.209. The molecule has 1 aromatic carbocycles. The Morgan fingerprint density at radius 3 is 2.59 bits per heavy atom. The third-order valence-corrected chi connectivity index (χ3v) is 5.52. The molecule has 6 nitrogen and oxygen atoms in total. The summed E-state index contributed by atoms with van der Waals surface area (Å²) in [6.07, 6.45) is 3.71. The van der Waals surface area contributed by atoms with Crippen molar-refractivity contribution in [3.8, 4) is 0 Å². The number of aryl methyl sites for hydroxylation is 2. The van der Waals surface area contributed by atoms with E-state index in [1.165, 1.54) is 6.08 Å². The quantitative estimate of drug-likeness (QED) is 0.746. The number of methoxy groups -OCH3 is 1. The van der Waals surface area contributed by atoms with Crippen LogP contribution in [0.2, 0.25) is 0 Å². The molecule has 1 saturated carbocycles. The number of anilines is 1. The van der Waals surface area contributed by atoms with E-state index in [1.807, 2.05) is 32.0 Å². The van der Waals surface area contributed by atoms with Crippen LogP contribution >= 0.6 is 0 Å². The summed E-state index contributed by atoms with van der Waals surface area (Å²) < 4.78 is 15.9. The van der Waals surface area contributed by atoms with Crippen molar-refractivity contribution >= 4 is 17.7 Å². The Kier molecular flexibility index (Phi) is 5.56. The molecule has 1 amide bonds. The lowest BCUT2D eigenvalue weighted by molar-refractivity contribution is -0.114. The van der Waals surface area contributed by atoms with E-state index in [1.54, 1.807) is 18.9 Å². The van der Waals surface area contributed by atoms with Gasteiger partial charge in [0, 0.05) is 18.9 Å². The maximum Gasteiger partial charge on any atom is 0.513 e. The van der Waals surface area contributed by atoms with Gasteiger partial charge in [0.25, 0.3) is 5.91 Å². The van der Waals surface area contributed by atoms with Gasteiger partial charge >= 0.3 is 6.16 Å². The first-order valence-corrected chi connectivity index (χ1v) is 9.42. The number of nitrogens with zero attached hydrogens (tertiary/aromatic N) is 1. The second-order valence-corrected chi connectivity index (χ2v) is 7.22. The van der Waals surface area contributed by atoms with E-state index >= 15 is 0 Å². The van der Waals surface area contributed by atoms with E-state index in [0.29, 0.717) is 18.6 Å². The highest BCUT2D eigenvalue weighted by molar-refractivity contribution is 6.07. The molecule has 0 saturated heterocycles. The molecule has 0 atom stereocenters. The maximum absolute atomic E-state index is 13.0. The van der Waals surface area contributed by atoms with Crippen LogP contribution < -0.4 is 4.90 Å². The Hall–Kier alpha value is -2.34. The van der Waals surface area contributed by atoms with E-state index in [0.717, 1.165) is 29.7 Å². The highest BCUT2D eigenvalue weighted by Gasteiger charge is 2.52. The molecule has 1 heterocycles. The Labute approximate surface area is 160 Å². The Bertz CT molecular complexity index is 762. The molecule has 6 heteroatoms. The van der Waals surface area contributed by atoms with Gasteiger partial charge in [0.2, 0.25) is 0 Å². The van der Waals surface area contributed by atoms with Gasteiger partial charge in [-0.1, -0.05) is 12.1 Å². The smallest absolute Gasteiger partial charge is 0.434 e. The molecule has 1 spiro atoms. The largest absolute Gasteiger partial charge is 0.513 e. The lowest BCUT2D eigenvalue weighted by atomic mass is 9.78. The van der Waals surface area contributed by atoms with Gasteiger partial charge < -0.3 is 14.2 Å². The molecule has 2 aliphatic rings. The number of carbonyl (C=O) groups is 2. The number of hydrogen-bond acceptors (Lipinski definition) is 5. The van der Waals surface area contributed by atoms with E-state index in [4.69, 9.17) is 14.2 Å². The lowest BCUT2D eigenvalue weighted by Crippen LogP contribution is -2.52. The van der Waals surface area contributed by atoms with Crippen LogP contribution in [0.3, 0.4) is 0 Å². The van der Waals surface area contributed by atoms with Crippen molar-refractivity contribution in [2.45, 2.75) is 58.1 Å². The van der Waals surface area contributed by atoms with Crippen LogP contribution in [0.4, 0.5) is 10.5 Å². The van der Waals surface area contributed by atoms with Crippen LogP contribution in [0.5, 0.6) is 0 Å². The molecule has 0 unspecified atom stereocenters. The van der Waals surface area contributed by atoms with Gasteiger partial charge in [-0.05, 0) is 63.6 Å². The van der Waals surface area contributed by atoms with Crippen molar-refractivity contribution in [1.29, 1.82) is 0 Å². The summed E-state index contributed by atoms with van der Waals surface area (Å²) in [4.78, 5) is 26.8. The number of benzene rings is 1. The van der Waals surface area contributed by atoms with Crippen molar-refractivity contribution in [2.24, 2.45) is 0 Å². The summed E-state index contributed by atoms with van der Waals surface area (Å²) in [7, 11) is 1.71. The second kappa shape index (κ2) is 7.72. The molecule has 1 fully saturated rings. The molecule has 0 radical (unpaired) electrons. The third-order valence-electron chi connectivity index (χ3n) is 5.52. The van der Waals surface area contributed by atoms with Crippen LogP contribution in [0, 0.1) is 13.8 Å². The fraction of sp³-hybridized carbons (Fsp3) is 0.524. The number of hydrogen-bond donors (Lipinski definition) is 0. The van der Waals surface area contributed by atoms with Crippen molar-refractivity contribution < 1.29 is 23.8 Å². The standard InChI is InChI=1S/C21H27NO5/c1-5-26-20(24)27-18-13-19(23)22(17-12-14(2)6-7-15(17)3)21(18)10-8-16(25-4)9-11-21/h6-7,12-13,16H,5,8-11H2,1-4H3. The van der Waals surface area contributed by atoms with Gasteiger partial charge in [0.15, 0.2) is 0 Å². The van der Waals surface area contributed by atoms with Gasteiger partial charge in [-0.2, -0.15) is 0 Å². The predicted molar refractivity (Wildman–Crippen MR) is 102 cm³/mol. The summed E-state index contributed by atoms with van der Waals surface area (Å²) in [6, 6.07) is 6.05. The lowest BCUT2D eigenvalue weighted by Gasteiger charge is -2.44. The van der Waals surface area contributed by atoms with Crippen LogP contribution in [-0.4, -0.2) is 37.4 Å². The van der Waals surface area contributed by atoms with Crippen LogP contribution in [0.1, 0.15) is 43.7 Å².